The lowest BCUT2D eigenvalue weighted by Gasteiger charge is -2.04. The number of hydrogen-bond acceptors (Lipinski definition) is 2. The van der Waals surface area contributed by atoms with Gasteiger partial charge in [-0.25, -0.2) is 4.79 Å². The van der Waals surface area contributed by atoms with Crippen LogP contribution in [0.4, 0.5) is 0 Å². The summed E-state index contributed by atoms with van der Waals surface area (Å²) in [6.45, 7) is 0. The Bertz CT molecular complexity index is 788. The zero-order valence-corrected chi connectivity index (χ0v) is 12.6. The third-order valence-corrected chi connectivity index (χ3v) is 3.39. The molecule has 0 spiro atoms. The number of carbonyl (C=O) groups excluding carboxylic acids is 1. The highest BCUT2D eigenvalue weighted by molar-refractivity contribution is 5.88. The Labute approximate surface area is 135 Å². The van der Waals surface area contributed by atoms with Crippen LogP contribution in [0.2, 0.25) is 0 Å². The Balaban J connectivity index is 1.64. The predicted molar refractivity (Wildman–Crippen MR) is 93.0 cm³/mol. The molecule has 0 saturated carbocycles. The average molecular weight is 300 g/mol. The van der Waals surface area contributed by atoms with Crippen LogP contribution in [0.3, 0.4) is 0 Å². The molecule has 0 aliphatic heterocycles. The molecule has 0 heterocycles. The van der Waals surface area contributed by atoms with Crippen LogP contribution >= 0.6 is 0 Å². The van der Waals surface area contributed by atoms with Crippen LogP contribution in [0, 0.1) is 0 Å². The zero-order chi connectivity index (χ0) is 15.9. The number of rotatable bonds is 4. The third kappa shape index (κ3) is 4.17. The van der Waals surface area contributed by atoms with E-state index in [0.29, 0.717) is 5.75 Å². The predicted octanol–water partition coefficient (Wildman–Crippen LogP) is 4.97. The van der Waals surface area contributed by atoms with Gasteiger partial charge < -0.3 is 4.74 Å². The van der Waals surface area contributed by atoms with Gasteiger partial charge in [0.25, 0.3) is 0 Å². The van der Waals surface area contributed by atoms with E-state index in [2.05, 4.69) is 0 Å². The first kappa shape index (κ1) is 14.8. The summed E-state index contributed by atoms with van der Waals surface area (Å²) in [6.07, 6.45) is 3.17. The Hall–Kier alpha value is -3.13. The normalized spacial score (nSPS) is 10.6. The van der Waals surface area contributed by atoms with Gasteiger partial charge in [0.1, 0.15) is 5.75 Å². The number of hydrogen-bond donors (Lipinski definition) is 0. The summed E-state index contributed by atoms with van der Waals surface area (Å²) < 4.78 is 5.30. The minimum Gasteiger partial charge on any atom is -0.423 e. The Morgan fingerprint density at radius 2 is 1.26 bits per heavy atom. The Kier molecular flexibility index (Phi) is 4.65. The number of esters is 1. The lowest BCUT2D eigenvalue weighted by atomic mass is 10.1. The fraction of sp³-hybridized carbons (Fsp3) is 0. The van der Waals surface area contributed by atoms with Crippen LogP contribution in [0.5, 0.6) is 5.75 Å². The molecule has 0 aromatic heterocycles. The molecule has 0 amide bonds. The van der Waals surface area contributed by atoms with Crippen LogP contribution in [-0.2, 0) is 4.79 Å². The van der Waals surface area contributed by atoms with E-state index in [9.17, 15) is 4.79 Å². The molecule has 23 heavy (non-hydrogen) atoms. The molecule has 3 aromatic carbocycles. The lowest BCUT2D eigenvalue weighted by Crippen LogP contribution is -2.03. The van der Waals surface area contributed by atoms with Crippen LogP contribution in [0.1, 0.15) is 5.56 Å². The van der Waals surface area contributed by atoms with Crippen molar-refractivity contribution in [2.24, 2.45) is 0 Å². The van der Waals surface area contributed by atoms with Crippen LogP contribution in [-0.4, -0.2) is 5.97 Å². The van der Waals surface area contributed by atoms with Gasteiger partial charge in [0.05, 0.1) is 0 Å². The second kappa shape index (κ2) is 7.23. The fourth-order valence-electron chi connectivity index (χ4n) is 2.22. The van der Waals surface area contributed by atoms with Gasteiger partial charge >= 0.3 is 5.97 Å². The van der Waals surface area contributed by atoms with Gasteiger partial charge in [0, 0.05) is 6.08 Å². The fourth-order valence-corrected chi connectivity index (χ4v) is 2.22. The smallest absolute Gasteiger partial charge is 0.336 e. The first-order valence-electron chi connectivity index (χ1n) is 7.42. The average Bonchev–Trinajstić information content (AvgIpc) is 2.62. The largest absolute Gasteiger partial charge is 0.423 e. The maximum atomic E-state index is 11.8. The van der Waals surface area contributed by atoms with Crippen molar-refractivity contribution >= 4 is 12.0 Å². The molecule has 2 nitrogen and oxygen atoms in total. The number of benzene rings is 3. The van der Waals surface area contributed by atoms with Crippen LogP contribution in [0.25, 0.3) is 17.2 Å². The standard InChI is InChI=1S/C21H16O2/c22-21(16-11-17-7-3-1-4-8-17)23-20-14-12-19(13-15-20)18-9-5-2-6-10-18/h1-16H/b16-11+. The van der Waals surface area contributed by atoms with Crippen molar-refractivity contribution in [1.29, 1.82) is 0 Å². The number of carbonyl (C=O) groups is 1. The highest BCUT2D eigenvalue weighted by atomic mass is 16.5. The molecule has 0 aliphatic rings. The molecule has 0 N–H and O–H groups in total. The van der Waals surface area contributed by atoms with Crippen molar-refractivity contribution in [1.82, 2.24) is 0 Å². The molecule has 112 valence electrons. The quantitative estimate of drug-likeness (QED) is 0.386. The van der Waals surface area contributed by atoms with Crippen molar-refractivity contribution in [3.63, 3.8) is 0 Å². The van der Waals surface area contributed by atoms with Gasteiger partial charge in [-0.2, -0.15) is 0 Å². The monoisotopic (exact) mass is 300 g/mol. The maximum Gasteiger partial charge on any atom is 0.336 e. The SMILES string of the molecule is O=C(/C=C/c1ccccc1)Oc1ccc(-c2ccccc2)cc1. The molecular formula is C21H16O2. The minimum absolute atomic E-state index is 0.388. The van der Waals surface area contributed by atoms with Gasteiger partial charge in [-0.05, 0) is 34.9 Å². The van der Waals surface area contributed by atoms with E-state index in [1.807, 2.05) is 72.8 Å². The second-order valence-electron chi connectivity index (χ2n) is 5.06. The van der Waals surface area contributed by atoms with Gasteiger partial charge in [0.15, 0.2) is 0 Å². The molecule has 0 atom stereocenters. The molecular weight excluding hydrogens is 284 g/mol. The Morgan fingerprint density at radius 1 is 0.696 bits per heavy atom. The maximum absolute atomic E-state index is 11.8. The summed E-state index contributed by atoms with van der Waals surface area (Å²) in [7, 11) is 0. The molecule has 0 radical (unpaired) electrons. The second-order valence-corrected chi connectivity index (χ2v) is 5.06. The third-order valence-electron chi connectivity index (χ3n) is 3.39. The summed E-state index contributed by atoms with van der Waals surface area (Å²) in [4.78, 5) is 11.8. The summed E-state index contributed by atoms with van der Waals surface area (Å²) >= 11 is 0. The van der Waals surface area contributed by atoms with E-state index < -0.39 is 0 Å². The van der Waals surface area contributed by atoms with Gasteiger partial charge in [-0.1, -0.05) is 72.8 Å². The van der Waals surface area contributed by atoms with Gasteiger partial charge in [-0.3, -0.25) is 0 Å². The van der Waals surface area contributed by atoms with Crippen molar-refractivity contribution < 1.29 is 9.53 Å². The van der Waals surface area contributed by atoms with Crippen molar-refractivity contribution in [2.45, 2.75) is 0 Å². The highest BCUT2D eigenvalue weighted by Gasteiger charge is 2.02. The number of ether oxygens (including phenoxy) is 1. The van der Waals surface area contributed by atoms with E-state index in [4.69, 9.17) is 4.74 Å². The summed E-state index contributed by atoms with van der Waals surface area (Å²) in [5.41, 5.74) is 3.18. The molecule has 2 heteroatoms. The molecule has 3 rings (SSSR count). The highest BCUT2D eigenvalue weighted by Crippen LogP contribution is 2.22. The summed E-state index contributed by atoms with van der Waals surface area (Å²) in [5.74, 6) is 0.147. The molecule has 0 unspecified atom stereocenters. The van der Waals surface area contributed by atoms with E-state index in [-0.39, 0.29) is 5.97 Å². The molecule has 0 bridgehead atoms. The van der Waals surface area contributed by atoms with Crippen LogP contribution in [0.15, 0.2) is 91.0 Å². The van der Waals surface area contributed by atoms with E-state index in [1.54, 1.807) is 18.2 Å². The Morgan fingerprint density at radius 3 is 1.91 bits per heavy atom. The van der Waals surface area contributed by atoms with Crippen molar-refractivity contribution in [2.75, 3.05) is 0 Å². The van der Waals surface area contributed by atoms with Gasteiger partial charge in [0.2, 0.25) is 0 Å². The van der Waals surface area contributed by atoms with E-state index in [1.165, 1.54) is 6.08 Å². The summed E-state index contributed by atoms with van der Waals surface area (Å²) in [6, 6.07) is 27.2. The first-order valence-corrected chi connectivity index (χ1v) is 7.42. The lowest BCUT2D eigenvalue weighted by molar-refractivity contribution is -0.128. The molecule has 3 aromatic rings. The topological polar surface area (TPSA) is 26.3 Å². The molecule has 0 aliphatic carbocycles. The van der Waals surface area contributed by atoms with E-state index >= 15 is 0 Å². The first-order chi connectivity index (χ1) is 11.3. The summed E-state index contributed by atoms with van der Waals surface area (Å²) in [5, 5.41) is 0. The zero-order valence-electron chi connectivity index (χ0n) is 12.6. The minimum atomic E-state index is -0.388. The molecule has 0 saturated heterocycles. The van der Waals surface area contributed by atoms with Crippen LogP contribution < -0.4 is 4.74 Å². The van der Waals surface area contributed by atoms with E-state index in [0.717, 1.165) is 16.7 Å². The van der Waals surface area contributed by atoms with Crippen molar-refractivity contribution in [3.05, 3.63) is 96.6 Å². The van der Waals surface area contributed by atoms with Crippen molar-refractivity contribution in [3.8, 4) is 16.9 Å². The molecule has 0 fully saturated rings. The van der Waals surface area contributed by atoms with Gasteiger partial charge in [-0.15, -0.1) is 0 Å².